The molecule has 15 heavy (non-hydrogen) atoms. The van der Waals surface area contributed by atoms with Gasteiger partial charge in [-0.1, -0.05) is 22.0 Å². The van der Waals surface area contributed by atoms with Crippen molar-refractivity contribution in [1.82, 2.24) is 0 Å². The summed E-state index contributed by atoms with van der Waals surface area (Å²) >= 11 is 3.26. The summed E-state index contributed by atoms with van der Waals surface area (Å²) in [6, 6.07) is 5.21. The second kappa shape index (κ2) is 3.73. The molecule has 0 saturated heterocycles. The highest BCUT2D eigenvalue weighted by molar-refractivity contribution is 9.10. The van der Waals surface area contributed by atoms with Crippen LogP contribution in [0.15, 0.2) is 32.5 Å². The van der Waals surface area contributed by atoms with E-state index in [1.54, 1.807) is 18.2 Å². The van der Waals surface area contributed by atoms with Crippen LogP contribution in [0.5, 0.6) is 0 Å². The number of fused-ring (bicyclic) bond motifs is 1. The topological polar surface area (TPSA) is 43.4 Å². The summed E-state index contributed by atoms with van der Waals surface area (Å²) in [7, 11) is -1.84. The summed E-state index contributed by atoms with van der Waals surface area (Å²) in [6.45, 7) is 0.120. The third-order valence-electron chi connectivity index (χ3n) is 2.21. The van der Waals surface area contributed by atoms with E-state index in [0.29, 0.717) is 9.80 Å². The maximum atomic E-state index is 12.0. The van der Waals surface area contributed by atoms with Crippen LogP contribution in [-0.4, -0.2) is 22.1 Å². The highest BCUT2D eigenvalue weighted by atomic mass is 79.9. The molecule has 0 bridgehead atoms. The Balaban J connectivity index is 2.58. The van der Waals surface area contributed by atoms with Crippen LogP contribution >= 0.6 is 15.9 Å². The number of halogens is 1. The minimum Gasteiger partial charge on any atom is -0.379 e. The van der Waals surface area contributed by atoms with Gasteiger partial charge in [-0.15, -0.1) is 0 Å². The summed E-state index contributed by atoms with van der Waals surface area (Å²) in [6.07, 6.45) is 1.65. The van der Waals surface area contributed by atoms with E-state index in [1.165, 1.54) is 7.11 Å². The summed E-state index contributed by atoms with van der Waals surface area (Å²) in [5.41, 5.74) is 0.727. The average Bonchev–Trinajstić information content (AvgIpc) is 2.41. The Morgan fingerprint density at radius 1 is 1.40 bits per heavy atom. The number of hydrogen-bond acceptors (Lipinski definition) is 3. The van der Waals surface area contributed by atoms with Gasteiger partial charge in [-0.05, 0) is 23.8 Å². The zero-order chi connectivity index (χ0) is 11.1. The molecule has 0 unspecified atom stereocenters. The van der Waals surface area contributed by atoms with Crippen molar-refractivity contribution in [2.24, 2.45) is 0 Å². The van der Waals surface area contributed by atoms with Crippen molar-refractivity contribution in [2.75, 3.05) is 13.7 Å². The lowest BCUT2D eigenvalue weighted by Gasteiger charge is -2.02. The Labute approximate surface area is 96.8 Å². The standard InChI is InChI=1S/C10H9BrO3S/c1-14-6-9-4-7-2-3-8(11)5-10(7)15(9,12)13/h2-5H,6H2,1H3. The van der Waals surface area contributed by atoms with Gasteiger partial charge in [0.2, 0.25) is 9.84 Å². The van der Waals surface area contributed by atoms with Crippen LogP contribution in [0.4, 0.5) is 0 Å². The smallest absolute Gasteiger partial charge is 0.205 e. The molecule has 1 aromatic rings. The first-order valence-corrected chi connectivity index (χ1v) is 6.57. The number of hydrogen-bond donors (Lipinski definition) is 0. The van der Waals surface area contributed by atoms with E-state index < -0.39 is 9.84 Å². The largest absolute Gasteiger partial charge is 0.379 e. The Hall–Kier alpha value is -0.650. The second-order valence-electron chi connectivity index (χ2n) is 3.23. The molecule has 2 rings (SSSR count). The van der Waals surface area contributed by atoms with E-state index in [4.69, 9.17) is 4.74 Å². The van der Waals surface area contributed by atoms with Crippen LogP contribution in [0, 0.1) is 0 Å². The van der Waals surface area contributed by atoms with Gasteiger partial charge in [-0.2, -0.15) is 0 Å². The molecule has 0 N–H and O–H groups in total. The van der Waals surface area contributed by atoms with Crippen molar-refractivity contribution in [1.29, 1.82) is 0 Å². The van der Waals surface area contributed by atoms with Gasteiger partial charge in [-0.3, -0.25) is 0 Å². The van der Waals surface area contributed by atoms with Crippen molar-refractivity contribution in [3.8, 4) is 0 Å². The van der Waals surface area contributed by atoms with Crippen molar-refractivity contribution >= 4 is 31.8 Å². The first-order chi connectivity index (χ1) is 7.05. The van der Waals surface area contributed by atoms with Crippen molar-refractivity contribution in [3.63, 3.8) is 0 Å². The lowest BCUT2D eigenvalue weighted by Crippen LogP contribution is -2.05. The summed E-state index contributed by atoms with van der Waals surface area (Å²) in [5, 5.41) is 0. The van der Waals surface area contributed by atoms with E-state index in [0.717, 1.165) is 10.0 Å². The minimum atomic E-state index is -3.32. The van der Waals surface area contributed by atoms with Crippen LogP contribution in [0.3, 0.4) is 0 Å². The van der Waals surface area contributed by atoms with E-state index in [-0.39, 0.29) is 6.61 Å². The maximum Gasteiger partial charge on any atom is 0.205 e. The first-order valence-electron chi connectivity index (χ1n) is 4.30. The van der Waals surface area contributed by atoms with Gasteiger partial charge in [0.05, 0.1) is 16.4 Å². The molecule has 1 aliphatic rings. The molecule has 0 aromatic heterocycles. The Morgan fingerprint density at radius 3 is 2.80 bits per heavy atom. The van der Waals surface area contributed by atoms with Gasteiger partial charge in [-0.25, -0.2) is 8.42 Å². The highest BCUT2D eigenvalue weighted by Crippen LogP contribution is 2.34. The Kier molecular flexibility index (Phi) is 2.70. The third-order valence-corrected chi connectivity index (χ3v) is 4.57. The van der Waals surface area contributed by atoms with Crippen molar-refractivity contribution in [3.05, 3.63) is 33.1 Å². The lowest BCUT2D eigenvalue weighted by molar-refractivity contribution is 0.231. The highest BCUT2D eigenvalue weighted by Gasteiger charge is 2.29. The number of ether oxygens (including phenoxy) is 1. The zero-order valence-corrected chi connectivity index (χ0v) is 10.4. The molecular formula is C10H9BrO3S. The molecule has 0 saturated carbocycles. The molecule has 0 radical (unpaired) electrons. The molecule has 1 heterocycles. The van der Waals surface area contributed by atoms with Crippen LogP contribution in [0.25, 0.3) is 6.08 Å². The Morgan fingerprint density at radius 2 is 2.13 bits per heavy atom. The van der Waals surface area contributed by atoms with Crippen molar-refractivity contribution < 1.29 is 13.2 Å². The number of methoxy groups -OCH3 is 1. The average molecular weight is 289 g/mol. The summed E-state index contributed by atoms with van der Waals surface area (Å²) in [5.74, 6) is 0. The molecule has 1 aromatic carbocycles. The predicted octanol–water partition coefficient (Wildman–Crippen LogP) is 2.22. The fourth-order valence-corrected chi connectivity index (χ4v) is 3.58. The normalized spacial score (nSPS) is 17.3. The molecule has 0 spiro atoms. The lowest BCUT2D eigenvalue weighted by atomic mass is 10.2. The molecular weight excluding hydrogens is 280 g/mol. The van der Waals surface area contributed by atoms with Crippen LogP contribution in [0.2, 0.25) is 0 Å². The first kappa shape index (κ1) is 10.9. The molecule has 1 aliphatic heterocycles. The molecule has 0 fully saturated rings. The van der Waals surface area contributed by atoms with Crippen LogP contribution < -0.4 is 0 Å². The van der Waals surface area contributed by atoms with Gasteiger partial charge < -0.3 is 4.74 Å². The van der Waals surface area contributed by atoms with Gasteiger partial charge in [0.1, 0.15) is 0 Å². The fourth-order valence-electron chi connectivity index (χ4n) is 1.51. The molecule has 3 nitrogen and oxygen atoms in total. The number of rotatable bonds is 2. The summed E-state index contributed by atoms with van der Waals surface area (Å²) < 4.78 is 29.5. The maximum absolute atomic E-state index is 12.0. The number of benzene rings is 1. The SMILES string of the molecule is COCC1=Cc2ccc(Br)cc2S1(=O)=O. The Bertz CT molecular complexity index is 532. The molecule has 5 heteroatoms. The van der Waals surface area contributed by atoms with E-state index in [9.17, 15) is 8.42 Å². The minimum absolute atomic E-state index is 0.120. The van der Waals surface area contributed by atoms with E-state index in [2.05, 4.69) is 15.9 Å². The van der Waals surface area contributed by atoms with Gasteiger partial charge in [0.15, 0.2) is 0 Å². The molecule has 0 amide bonds. The molecule has 0 atom stereocenters. The zero-order valence-electron chi connectivity index (χ0n) is 8.03. The van der Waals surface area contributed by atoms with E-state index >= 15 is 0 Å². The van der Waals surface area contributed by atoms with Crippen LogP contribution in [-0.2, 0) is 14.6 Å². The summed E-state index contributed by atoms with van der Waals surface area (Å²) in [4.78, 5) is 0.669. The third kappa shape index (κ3) is 1.75. The quantitative estimate of drug-likeness (QED) is 0.838. The number of sulfone groups is 1. The second-order valence-corrected chi connectivity index (χ2v) is 6.12. The van der Waals surface area contributed by atoms with Crippen LogP contribution in [0.1, 0.15) is 5.56 Å². The van der Waals surface area contributed by atoms with Crippen molar-refractivity contribution in [2.45, 2.75) is 4.90 Å². The molecule has 0 aliphatic carbocycles. The fraction of sp³-hybridized carbons (Fsp3) is 0.200. The molecule has 80 valence electrons. The van der Waals surface area contributed by atoms with Gasteiger partial charge in [0, 0.05) is 11.6 Å². The predicted molar refractivity (Wildman–Crippen MR) is 61.2 cm³/mol. The van der Waals surface area contributed by atoms with Gasteiger partial charge >= 0.3 is 0 Å². The van der Waals surface area contributed by atoms with E-state index in [1.807, 2.05) is 6.07 Å². The monoisotopic (exact) mass is 288 g/mol. The van der Waals surface area contributed by atoms with Gasteiger partial charge in [0.25, 0.3) is 0 Å².